The Kier molecular flexibility index (Phi) is 6.84. The van der Waals surface area contributed by atoms with E-state index in [-0.39, 0.29) is 24.5 Å². The topological polar surface area (TPSA) is 58.6 Å². The van der Waals surface area contributed by atoms with Crippen molar-refractivity contribution in [3.05, 3.63) is 0 Å². The molecule has 1 atom stereocenters. The van der Waals surface area contributed by atoms with Crippen molar-refractivity contribution in [2.24, 2.45) is 5.92 Å². The third-order valence-electron chi connectivity index (χ3n) is 3.34. The number of likely N-dealkylation sites (tertiary alicyclic amines) is 1. The molecule has 1 saturated heterocycles. The van der Waals surface area contributed by atoms with Crippen LogP contribution in [0.4, 0.5) is 0 Å². The summed E-state index contributed by atoms with van der Waals surface area (Å²) in [4.78, 5) is 25.2. The molecule has 0 bridgehead atoms. The molecule has 1 unspecified atom stereocenters. The molecule has 0 radical (unpaired) electrons. The van der Waals surface area contributed by atoms with Crippen molar-refractivity contribution in [3.8, 4) is 0 Å². The molecule has 1 rings (SSSR count). The van der Waals surface area contributed by atoms with Gasteiger partial charge in [-0.15, -0.1) is 0 Å². The van der Waals surface area contributed by atoms with E-state index >= 15 is 0 Å². The quantitative estimate of drug-likeness (QED) is 0.736. The number of hydrogen-bond acceptors (Lipinski definition) is 4. The van der Waals surface area contributed by atoms with Gasteiger partial charge in [0.2, 0.25) is 5.91 Å². The third kappa shape index (κ3) is 6.57. The molecule has 0 aromatic rings. The summed E-state index contributed by atoms with van der Waals surface area (Å²) in [6.07, 6.45) is 3.44. The van der Waals surface area contributed by atoms with Crippen LogP contribution in [0.5, 0.6) is 0 Å². The predicted octanol–water partition coefficient (Wildman–Crippen LogP) is 1.18. The minimum absolute atomic E-state index is 0.0396. The van der Waals surface area contributed by atoms with Crippen LogP contribution in [0.25, 0.3) is 0 Å². The van der Waals surface area contributed by atoms with Crippen molar-refractivity contribution in [1.82, 2.24) is 10.2 Å². The number of carbonyl (C=O) groups excluding carboxylic acids is 2. The van der Waals surface area contributed by atoms with Gasteiger partial charge < -0.3 is 10.1 Å². The number of hydrogen-bond donors (Lipinski definition) is 1. The van der Waals surface area contributed by atoms with Gasteiger partial charge in [-0.25, -0.2) is 0 Å². The number of nitrogens with one attached hydrogen (secondary N) is 1. The van der Waals surface area contributed by atoms with E-state index in [1.807, 2.05) is 0 Å². The first-order valence-electron chi connectivity index (χ1n) is 7.19. The van der Waals surface area contributed by atoms with Gasteiger partial charge >= 0.3 is 5.97 Å². The number of rotatable bonds is 6. The second kappa shape index (κ2) is 8.15. The molecule has 5 nitrogen and oxygen atoms in total. The summed E-state index contributed by atoms with van der Waals surface area (Å²) in [7, 11) is 0. The molecular weight excluding hydrogens is 244 g/mol. The van der Waals surface area contributed by atoms with Crippen LogP contribution in [0.1, 0.15) is 40.0 Å². The maximum Gasteiger partial charge on any atom is 0.325 e. The van der Waals surface area contributed by atoms with Crippen molar-refractivity contribution in [3.63, 3.8) is 0 Å². The maximum atomic E-state index is 11.7. The van der Waals surface area contributed by atoms with Gasteiger partial charge in [0.15, 0.2) is 0 Å². The van der Waals surface area contributed by atoms with Crippen molar-refractivity contribution >= 4 is 11.9 Å². The molecule has 1 aliphatic rings. The highest BCUT2D eigenvalue weighted by Crippen LogP contribution is 2.18. The van der Waals surface area contributed by atoms with Crippen LogP contribution in [0, 0.1) is 5.92 Å². The molecule has 1 fully saturated rings. The Morgan fingerprint density at radius 3 is 2.79 bits per heavy atom. The lowest BCUT2D eigenvalue weighted by Gasteiger charge is -2.31. The van der Waals surface area contributed by atoms with E-state index in [9.17, 15) is 9.59 Å². The summed E-state index contributed by atoms with van der Waals surface area (Å²) in [5, 5.41) is 2.61. The van der Waals surface area contributed by atoms with Gasteiger partial charge in [0.25, 0.3) is 0 Å². The smallest absolute Gasteiger partial charge is 0.325 e. The van der Waals surface area contributed by atoms with E-state index in [0.29, 0.717) is 12.5 Å². The average molecular weight is 270 g/mol. The van der Waals surface area contributed by atoms with Crippen LogP contribution in [-0.2, 0) is 14.3 Å². The van der Waals surface area contributed by atoms with Crippen molar-refractivity contribution in [1.29, 1.82) is 0 Å². The lowest BCUT2D eigenvalue weighted by atomic mass is 9.96. The summed E-state index contributed by atoms with van der Waals surface area (Å²) >= 11 is 0. The summed E-state index contributed by atoms with van der Waals surface area (Å²) in [5.74, 6) is 0.221. The monoisotopic (exact) mass is 270 g/mol. The normalized spacial score (nSPS) is 20.3. The highest BCUT2D eigenvalue weighted by molar-refractivity contribution is 5.83. The first kappa shape index (κ1) is 16.0. The second-order valence-corrected chi connectivity index (χ2v) is 5.47. The van der Waals surface area contributed by atoms with Crippen LogP contribution in [0.15, 0.2) is 0 Å². The fourth-order valence-corrected chi connectivity index (χ4v) is 2.36. The van der Waals surface area contributed by atoms with Crippen LogP contribution in [0.3, 0.4) is 0 Å². The number of amides is 1. The Bertz CT molecular complexity index is 305. The molecule has 110 valence electrons. The van der Waals surface area contributed by atoms with Gasteiger partial charge in [-0.1, -0.05) is 13.3 Å². The van der Waals surface area contributed by atoms with Gasteiger partial charge in [-0.2, -0.15) is 0 Å². The molecule has 0 spiro atoms. The third-order valence-corrected chi connectivity index (χ3v) is 3.34. The Morgan fingerprint density at radius 2 is 2.16 bits per heavy atom. The van der Waals surface area contributed by atoms with Crippen molar-refractivity contribution < 1.29 is 14.3 Å². The lowest BCUT2D eigenvalue weighted by Crippen LogP contribution is -2.43. The Balaban J connectivity index is 2.21. The number of piperidine rings is 1. The zero-order chi connectivity index (χ0) is 14.3. The van der Waals surface area contributed by atoms with E-state index in [2.05, 4.69) is 17.1 Å². The molecule has 5 heteroatoms. The van der Waals surface area contributed by atoms with Gasteiger partial charge in [0, 0.05) is 6.54 Å². The molecule has 1 heterocycles. The minimum Gasteiger partial charge on any atom is -0.462 e. The fourth-order valence-electron chi connectivity index (χ4n) is 2.36. The largest absolute Gasteiger partial charge is 0.462 e. The second-order valence-electron chi connectivity index (χ2n) is 5.47. The van der Waals surface area contributed by atoms with Crippen LogP contribution >= 0.6 is 0 Å². The van der Waals surface area contributed by atoms with Gasteiger partial charge in [0.05, 0.1) is 12.6 Å². The summed E-state index contributed by atoms with van der Waals surface area (Å²) in [6.45, 7) is 8.07. The SMILES string of the molecule is CCC1CCCN(CC(=O)NCC(=O)OC(C)C)C1. The summed E-state index contributed by atoms with van der Waals surface area (Å²) < 4.78 is 4.96. The Hall–Kier alpha value is -1.10. The first-order chi connectivity index (χ1) is 9.01. The fraction of sp³-hybridized carbons (Fsp3) is 0.857. The predicted molar refractivity (Wildman–Crippen MR) is 73.7 cm³/mol. The summed E-state index contributed by atoms with van der Waals surface area (Å²) in [5.41, 5.74) is 0. The van der Waals surface area contributed by atoms with Gasteiger partial charge in [-0.05, 0) is 39.2 Å². The molecular formula is C14H26N2O3. The lowest BCUT2D eigenvalue weighted by molar-refractivity contribution is -0.147. The zero-order valence-corrected chi connectivity index (χ0v) is 12.3. The van der Waals surface area contributed by atoms with Gasteiger partial charge in [0.1, 0.15) is 6.54 Å². The van der Waals surface area contributed by atoms with Crippen molar-refractivity contribution in [2.75, 3.05) is 26.2 Å². The van der Waals surface area contributed by atoms with Crippen molar-refractivity contribution in [2.45, 2.75) is 46.1 Å². The Morgan fingerprint density at radius 1 is 1.42 bits per heavy atom. The number of esters is 1. The maximum absolute atomic E-state index is 11.7. The standard InChI is InChI=1S/C14H26N2O3/c1-4-12-6-5-7-16(9-12)10-13(17)15-8-14(18)19-11(2)3/h11-12H,4-10H2,1-3H3,(H,15,17). The van der Waals surface area contributed by atoms with E-state index in [1.54, 1.807) is 13.8 Å². The van der Waals surface area contributed by atoms with Crippen LogP contribution in [-0.4, -0.2) is 49.1 Å². The molecule has 0 aromatic carbocycles. The van der Waals surface area contributed by atoms with E-state index in [1.165, 1.54) is 12.8 Å². The van der Waals surface area contributed by atoms with E-state index < -0.39 is 0 Å². The molecule has 0 saturated carbocycles. The highest BCUT2D eigenvalue weighted by Gasteiger charge is 2.20. The van der Waals surface area contributed by atoms with E-state index in [0.717, 1.165) is 19.5 Å². The molecule has 19 heavy (non-hydrogen) atoms. The number of nitrogens with zero attached hydrogens (tertiary/aromatic N) is 1. The van der Waals surface area contributed by atoms with Crippen LogP contribution in [0.2, 0.25) is 0 Å². The zero-order valence-electron chi connectivity index (χ0n) is 12.3. The van der Waals surface area contributed by atoms with Gasteiger partial charge in [-0.3, -0.25) is 14.5 Å². The average Bonchev–Trinajstić information content (AvgIpc) is 2.36. The molecule has 1 N–H and O–H groups in total. The Labute approximate surface area is 115 Å². The number of ether oxygens (including phenoxy) is 1. The van der Waals surface area contributed by atoms with Crippen LogP contribution < -0.4 is 5.32 Å². The minimum atomic E-state index is -0.381. The molecule has 0 aromatic heterocycles. The summed E-state index contributed by atoms with van der Waals surface area (Å²) in [6, 6.07) is 0. The first-order valence-corrected chi connectivity index (χ1v) is 7.19. The van der Waals surface area contributed by atoms with E-state index in [4.69, 9.17) is 4.74 Å². The highest BCUT2D eigenvalue weighted by atomic mass is 16.5. The number of carbonyl (C=O) groups is 2. The molecule has 1 amide bonds. The molecule has 1 aliphatic heterocycles. The molecule has 0 aliphatic carbocycles.